The van der Waals surface area contributed by atoms with Crippen molar-refractivity contribution in [2.24, 2.45) is 7.05 Å². The summed E-state index contributed by atoms with van der Waals surface area (Å²) in [5, 5.41) is 25.1. The van der Waals surface area contributed by atoms with E-state index < -0.39 is 35.3 Å². The highest BCUT2D eigenvalue weighted by molar-refractivity contribution is 5.98. The van der Waals surface area contributed by atoms with E-state index in [0.717, 1.165) is 0 Å². The highest BCUT2D eigenvalue weighted by Gasteiger charge is 2.29. The number of nitrogens with zero attached hydrogens (tertiary/aromatic N) is 4. The predicted octanol–water partition coefficient (Wildman–Crippen LogP) is -1.42. The number of hydrogen-bond donors (Lipinski definition) is 3. The molecule has 0 saturated heterocycles. The molecule has 0 saturated carbocycles. The molecule has 3 rings (SSSR count). The number of carbonyl (C=O) groups is 2. The molecule has 1 aliphatic rings. The van der Waals surface area contributed by atoms with E-state index in [-0.39, 0.29) is 19.8 Å². The molecule has 132 valence electrons. The Morgan fingerprint density at radius 2 is 2.16 bits per heavy atom. The van der Waals surface area contributed by atoms with E-state index in [4.69, 9.17) is 9.84 Å². The molecule has 11 nitrogen and oxygen atoms in total. The number of ether oxygens (including phenoxy) is 1. The third kappa shape index (κ3) is 3.08. The van der Waals surface area contributed by atoms with Gasteiger partial charge in [-0.3, -0.25) is 19.1 Å². The number of amides is 1. The summed E-state index contributed by atoms with van der Waals surface area (Å²) in [6, 6.07) is 0. The first-order valence-corrected chi connectivity index (χ1v) is 7.28. The zero-order valence-electron chi connectivity index (χ0n) is 13.2. The van der Waals surface area contributed by atoms with Crippen molar-refractivity contribution in [3.05, 3.63) is 39.3 Å². The van der Waals surface area contributed by atoms with Crippen LogP contribution in [-0.4, -0.2) is 48.0 Å². The number of aryl methyl sites for hydroxylation is 1. The zero-order chi connectivity index (χ0) is 18.1. The summed E-state index contributed by atoms with van der Waals surface area (Å²) >= 11 is 0. The molecule has 25 heavy (non-hydrogen) atoms. The van der Waals surface area contributed by atoms with Gasteiger partial charge in [0.25, 0.3) is 11.5 Å². The number of carboxylic acids is 1. The molecule has 3 N–H and O–H groups in total. The number of pyridine rings is 1. The molecule has 1 aliphatic heterocycles. The molecule has 0 unspecified atom stereocenters. The van der Waals surface area contributed by atoms with Gasteiger partial charge in [0.1, 0.15) is 24.2 Å². The Kier molecular flexibility index (Phi) is 4.23. The van der Waals surface area contributed by atoms with Crippen molar-refractivity contribution in [1.82, 2.24) is 24.6 Å². The van der Waals surface area contributed by atoms with Crippen LogP contribution in [0.2, 0.25) is 0 Å². The van der Waals surface area contributed by atoms with Gasteiger partial charge in [0, 0.05) is 12.6 Å². The van der Waals surface area contributed by atoms with Crippen LogP contribution >= 0.6 is 0 Å². The summed E-state index contributed by atoms with van der Waals surface area (Å²) in [6.45, 7) is -0.545. The normalized spacial score (nSPS) is 12.8. The number of aromatic nitrogens is 4. The molecule has 2 aromatic heterocycles. The lowest BCUT2D eigenvalue weighted by Crippen LogP contribution is -2.37. The van der Waals surface area contributed by atoms with E-state index in [1.165, 1.54) is 15.6 Å². The minimum Gasteiger partial charge on any atom is -0.506 e. The summed E-state index contributed by atoms with van der Waals surface area (Å²) in [4.78, 5) is 39.5. The number of aromatic hydroxyl groups is 1. The van der Waals surface area contributed by atoms with Crippen LogP contribution in [0.3, 0.4) is 0 Å². The van der Waals surface area contributed by atoms with Crippen LogP contribution in [0.4, 0.5) is 0 Å². The molecule has 11 heteroatoms. The van der Waals surface area contributed by atoms with Crippen LogP contribution in [-0.2, 0) is 36.3 Å². The molecular formula is C14H15N5O6. The lowest BCUT2D eigenvalue weighted by atomic mass is 10.1. The monoisotopic (exact) mass is 349 g/mol. The summed E-state index contributed by atoms with van der Waals surface area (Å²) in [7, 11) is 1.68. The highest BCUT2D eigenvalue weighted by Crippen LogP contribution is 2.29. The second-order valence-electron chi connectivity index (χ2n) is 5.44. The van der Waals surface area contributed by atoms with Crippen LogP contribution in [0.1, 0.15) is 27.4 Å². The minimum atomic E-state index is -1.27. The van der Waals surface area contributed by atoms with Gasteiger partial charge >= 0.3 is 5.97 Å². The standard InChI is InChI=1S/C14H15N5O6/c1-18-6-16-9(17-18)3-19-8-5-25-4-7(8)12(22)11(14(19)24)13(23)15-2-10(20)21/h6,22H,2-5H2,1H3,(H,15,23)(H,20,21). The Bertz CT molecular complexity index is 915. The first-order valence-electron chi connectivity index (χ1n) is 7.28. The van der Waals surface area contributed by atoms with Crippen molar-refractivity contribution in [2.75, 3.05) is 6.54 Å². The summed E-state index contributed by atoms with van der Waals surface area (Å²) < 4.78 is 8.00. The molecule has 2 aromatic rings. The third-order valence-electron chi connectivity index (χ3n) is 3.71. The van der Waals surface area contributed by atoms with E-state index in [9.17, 15) is 19.5 Å². The van der Waals surface area contributed by atoms with Crippen LogP contribution in [0.5, 0.6) is 5.75 Å². The fourth-order valence-electron chi connectivity index (χ4n) is 2.59. The zero-order valence-corrected chi connectivity index (χ0v) is 13.2. The van der Waals surface area contributed by atoms with Crippen molar-refractivity contribution < 1.29 is 24.5 Å². The second-order valence-corrected chi connectivity index (χ2v) is 5.44. The van der Waals surface area contributed by atoms with Crippen molar-refractivity contribution in [1.29, 1.82) is 0 Å². The van der Waals surface area contributed by atoms with Gasteiger partial charge in [0.05, 0.1) is 25.5 Å². The Morgan fingerprint density at radius 1 is 1.40 bits per heavy atom. The van der Waals surface area contributed by atoms with E-state index in [0.29, 0.717) is 17.1 Å². The van der Waals surface area contributed by atoms with Gasteiger partial charge in [0.15, 0.2) is 5.82 Å². The van der Waals surface area contributed by atoms with Gasteiger partial charge in [-0.1, -0.05) is 0 Å². The third-order valence-corrected chi connectivity index (χ3v) is 3.71. The van der Waals surface area contributed by atoms with Crippen LogP contribution in [0, 0.1) is 0 Å². The van der Waals surface area contributed by atoms with Gasteiger partial charge in [-0.25, -0.2) is 4.98 Å². The summed E-state index contributed by atoms with van der Waals surface area (Å²) in [6.07, 6.45) is 1.47. The van der Waals surface area contributed by atoms with Gasteiger partial charge in [0.2, 0.25) is 0 Å². The number of hydrogen-bond acceptors (Lipinski definition) is 7. The number of fused-ring (bicyclic) bond motifs is 1. The maximum absolute atomic E-state index is 12.7. The average Bonchev–Trinajstić information content (AvgIpc) is 3.18. The minimum absolute atomic E-state index is 0.00907. The van der Waals surface area contributed by atoms with Gasteiger partial charge < -0.3 is 24.8 Å². The molecular weight excluding hydrogens is 334 g/mol. The predicted molar refractivity (Wildman–Crippen MR) is 80.9 cm³/mol. The average molecular weight is 349 g/mol. The topological polar surface area (TPSA) is 149 Å². The fourth-order valence-corrected chi connectivity index (χ4v) is 2.59. The molecule has 1 amide bonds. The van der Waals surface area contributed by atoms with E-state index in [1.807, 2.05) is 0 Å². The number of nitrogens with one attached hydrogen (secondary N) is 1. The Morgan fingerprint density at radius 3 is 2.80 bits per heavy atom. The van der Waals surface area contributed by atoms with Crippen molar-refractivity contribution in [3.8, 4) is 5.75 Å². The lowest BCUT2D eigenvalue weighted by molar-refractivity contribution is -0.135. The van der Waals surface area contributed by atoms with Crippen LogP contribution < -0.4 is 10.9 Å². The Labute approximate surface area is 140 Å². The van der Waals surface area contributed by atoms with Crippen molar-refractivity contribution >= 4 is 11.9 Å². The SMILES string of the molecule is Cn1cnc(Cn2c3c(c(O)c(C(=O)NCC(=O)O)c2=O)COC3)n1. The maximum Gasteiger partial charge on any atom is 0.322 e. The molecule has 0 radical (unpaired) electrons. The van der Waals surface area contributed by atoms with E-state index in [2.05, 4.69) is 15.4 Å². The quantitative estimate of drug-likeness (QED) is 0.595. The Balaban J connectivity index is 2.07. The lowest BCUT2D eigenvalue weighted by Gasteiger charge is -2.14. The van der Waals surface area contributed by atoms with Crippen molar-refractivity contribution in [3.63, 3.8) is 0 Å². The maximum atomic E-state index is 12.7. The first-order chi connectivity index (χ1) is 11.9. The van der Waals surface area contributed by atoms with Gasteiger partial charge in [-0.15, -0.1) is 0 Å². The summed E-state index contributed by atoms with van der Waals surface area (Å²) in [5.74, 6) is -2.38. The highest BCUT2D eigenvalue weighted by atomic mass is 16.5. The summed E-state index contributed by atoms with van der Waals surface area (Å²) in [5.41, 5.74) is -0.542. The molecule has 0 atom stereocenters. The molecule has 0 aromatic carbocycles. The number of rotatable bonds is 5. The van der Waals surface area contributed by atoms with Crippen LogP contribution in [0.15, 0.2) is 11.1 Å². The molecule has 0 aliphatic carbocycles. The largest absolute Gasteiger partial charge is 0.506 e. The van der Waals surface area contributed by atoms with Crippen molar-refractivity contribution in [2.45, 2.75) is 19.8 Å². The second kappa shape index (κ2) is 6.36. The van der Waals surface area contributed by atoms with Gasteiger partial charge in [-0.05, 0) is 0 Å². The number of carboxylic acid groups (broad SMARTS) is 1. The molecule has 0 spiro atoms. The molecule has 3 heterocycles. The number of aliphatic carboxylic acids is 1. The van der Waals surface area contributed by atoms with Crippen LogP contribution in [0.25, 0.3) is 0 Å². The molecule has 0 bridgehead atoms. The Hall–Kier alpha value is -3.21. The van der Waals surface area contributed by atoms with E-state index in [1.54, 1.807) is 7.05 Å². The van der Waals surface area contributed by atoms with Gasteiger partial charge in [-0.2, -0.15) is 5.10 Å². The first kappa shape index (κ1) is 16.6. The fraction of sp³-hybridized carbons (Fsp3) is 0.357. The number of carbonyl (C=O) groups excluding carboxylic acids is 1. The van der Waals surface area contributed by atoms with E-state index >= 15 is 0 Å². The molecule has 0 fully saturated rings. The smallest absolute Gasteiger partial charge is 0.322 e.